The number of hydrogen-bond acceptors (Lipinski definition) is 3. The van der Waals surface area contributed by atoms with Crippen LogP contribution in [0.15, 0.2) is 23.1 Å². The molecule has 0 amide bonds. The summed E-state index contributed by atoms with van der Waals surface area (Å²) in [4.78, 5) is 3.78. The molecule has 0 aliphatic carbocycles. The standard InChI is InChI=1S/C14H23ClN2S/c1-4-17(5-2)8-9-18-14-7-6-13(15)10-12(14)11-16-3/h6-7,10,16H,4-5,8-9,11H2,1-3H3. The lowest BCUT2D eigenvalue weighted by Crippen LogP contribution is -2.25. The second kappa shape index (κ2) is 8.81. The summed E-state index contributed by atoms with van der Waals surface area (Å²) in [6.45, 7) is 8.68. The molecule has 0 saturated heterocycles. The summed E-state index contributed by atoms with van der Waals surface area (Å²) in [6.07, 6.45) is 0. The molecule has 102 valence electrons. The van der Waals surface area contributed by atoms with Crippen LogP contribution in [0, 0.1) is 0 Å². The largest absolute Gasteiger partial charge is 0.316 e. The van der Waals surface area contributed by atoms with Crippen molar-refractivity contribution in [1.29, 1.82) is 0 Å². The van der Waals surface area contributed by atoms with Gasteiger partial charge in [-0.25, -0.2) is 0 Å². The Kier molecular flexibility index (Phi) is 7.75. The molecule has 0 saturated carbocycles. The monoisotopic (exact) mass is 286 g/mol. The van der Waals surface area contributed by atoms with Crippen molar-refractivity contribution in [3.8, 4) is 0 Å². The van der Waals surface area contributed by atoms with Gasteiger partial charge < -0.3 is 10.2 Å². The molecule has 0 aliphatic rings. The molecule has 0 unspecified atom stereocenters. The van der Waals surface area contributed by atoms with Crippen molar-refractivity contribution in [3.05, 3.63) is 28.8 Å². The van der Waals surface area contributed by atoms with Crippen LogP contribution in [0.3, 0.4) is 0 Å². The van der Waals surface area contributed by atoms with Crippen LogP contribution in [0.25, 0.3) is 0 Å². The normalized spacial score (nSPS) is 11.2. The van der Waals surface area contributed by atoms with Gasteiger partial charge >= 0.3 is 0 Å². The van der Waals surface area contributed by atoms with E-state index >= 15 is 0 Å². The summed E-state index contributed by atoms with van der Waals surface area (Å²) in [5.41, 5.74) is 1.29. The van der Waals surface area contributed by atoms with Crippen molar-refractivity contribution < 1.29 is 0 Å². The topological polar surface area (TPSA) is 15.3 Å². The number of thioether (sulfide) groups is 1. The molecule has 4 heteroatoms. The first-order chi connectivity index (χ1) is 8.71. The SMILES string of the molecule is CCN(CC)CCSc1ccc(Cl)cc1CNC. The molecule has 1 N–H and O–H groups in total. The van der Waals surface area contributed by atoms with Gasteiger partial charge in [0.2, 0.25) is 0 Å². The minimum Gasteiger partial charge on any atom is -0.316 e. The Morgan fingerprint density at radius 2 is 2.00 bits per heavy atom. The molecule has 1 aromatic rings. The fourth-order valence-electron chi connectivity index (χ4n) is 1.84. The van der Waals surface area contributed by atoms with Gasteiger partial charge in [0.25, 0.3) is 0 Å². The Balaban J connectivity index is 2.55. The fourth-order valence-corrected chi connectivity index (χ4v) is 3.09. The van der Waals surface area contributed by atoms with Gasteiger partial charge in [0, 0.05) is 28.8 Å². The van der Waals surface area contributed by atoms with Crippen molar-refractivity contribution in [2.75, 3.05) is 32.4 Å². The van der Waals surface area contributed by atoms with Gasteiger partial charge in [0.1, 0.15) is 0 Å². The van der Waals surface area contributed by atoms with E-state index in [0.717, 1.165) is 37.0 Å². The zero-order valence-corrected chi connectivity index (χ0v) is 13.1. The smallest absolute Gasteiger partial charge is 0.0410 e. The van der Waals surface area contributed by atoms with Crippen molar-refractivity contribution in [2.45, 2.75) is 25.3 Å². The Bertz CT molecular complexity index is 354. The van der Waals surface area contributed by atoms with Gasteiger partial charge in [-0.3, -0.25) is 0 Å². The summed E-state index contributed by atoms with van der Waals surface area (Å²) in [5.74, 6) is 1.13. The molecule has 0 radical (unpaired) electrons. The molecular weight excluding hydrogens is 264 g/mol. The molecule has 1 aromatic carbocycles. The molecule has 0 atom stereocenters. The highest BCUT2D eigenvalue weighted by atomic mass is 35.5. The predicted octanol–water partition coefficient (Wildman–Crippen LogP) is 3.49. The first-order valence-corrected chi connectivity index (χ1v) is 7.85. The lowest BCUT2D eigenvalue weighted by Gasteiger charge is -2.18. The maximum Gasteiger partial charge on any atom is 0.0410 e. The predicted molar refractivity (Wildman–Crippen MR) is 82.7 cm³/mol. The molecule has 0 fully saturated rings. The van der Waals surface area contributed by atoms with Crippen LogP contribution in [-0.4, -0.2) is 37.3 Å². The number of nitrogens with one attached hydrogen (secondary N) is 1. The van der Waals surface area contributed by atoms with E-state index in [9.17, 15) is 0 Å². The fraction of sp³-hybridized carbons (Fsp3) is 0.571. The molecule has 1 rings (SSSR count). The lowest BCUT2D eigenvalue weighted by molar-refractivity contribution is 0.324. The molecule has 0 bridgehead atoms. The molecule has 18 heavy (non-hydrogen) atoms. The average molecular weight is 287 g/mol. The summed E-state index contributed by atoms with van der Waals surface area (Å²) in [5, 5.41) is 4.00. The third kappa shape index (κ3) is 5.19. The minimum atomic E-state index is 0.813. The van der Waals surface area contributed by atoms with Gasteiger partial charge in [-0.1, -0.05) is 25.4 Å². The number of rotatable bonds is 8. The number of nitrogens with zero attached hydrogens (tertiary/aromatic N) is 1. The van der Waals surface area contributed by atoms with Crippen molar-refractivity contribution in [3.63, 3.8) is 0 Å². The quantitative estimate of drug-likeness (QED) is 0.737. The first-order valence-electron chi connectivity index (χ1n) is 6.49. The highest BCUT2D eigenvalue weighted by Crippen LogP contribution is 2.25. The van der Waals surface area contributed by atoms with E-state index in [0.29, 0.717) is 0 Å². The van der Waals surface area contributed by atoms with Crippen LogP contribution in [-0.2, 0) is 6.54 Å². The van der Waals surface area contributed by atoms with Crippen molar-refractivity contribution in [1.82, 2.24) is 10.2 Å². The summed E-state index contributed by atoms with van der Waals surface area (Å²) < 4.78 is 0. The molecule has 0 aliphatic heterocycles. The van der Waals surface area contributed by atoms with Crippen LogP contribution in [0.4, 0.5) is 0 Å². The van der Waals surface area contributed by atoms with E-state index < -0.39 is 0 Å². The molecule has 0 aromatic heterocycles. The third-order valence-electron chi connectivity index (χ3n) is 2.95. The summed E-state index contributed by atoms with van der Waals surface area (Å²) in [6, 6.07) is 6.15. The van der Waals surface area contributed by atoms with Crippen LogP contribution in [0.2, 0.25) is 5.02 Å². The van der Waals surface area contributed by atoms with E-state index in [2.05, 4.69) is 36.2 Å². The van der Waals surface area contributed by atoms with E-state index in [1.807, 2.05) is 24.9 Å². The minimum absolute atomic E-state index is 0.813. The van der Waals surface area contributed by atoms with Gasteiger partial charge in [-0.2, -0.15) is 0 Å². The van der Waals surface area contributed by atoms with Crippen LogP contribution in [0.5, 0.6) is 0 Å². The lowest BCUT2D eigenvalue weighted by atomic mass is 10.2. The van der Waals surface area contributed by atoms with E-state index in [-0.39, 0.29) is 0 Å². The van der Waals surface area contributed by atoms with E-state index in [1.54, 1.807) is 0 Å². The zero-order valence-electron chi connectivity index (χ0n) is 11.5. The Labute approximate surface area is 120 Å². The van der Waals surface area contributed by atoms with Crippen molar-refractivity contribution >= 4 is 23.4 Å². The zero-order chi connectivity index (χ0) is 13.4. The number of hydrogen-bond donors (Lipinski definition) is 1. The molecule has 0 spiro atoms. The van der Waals surface area contributed by atoms with Gasteiger partial charge in [0.05, 0.1) is 0 Å². The van der Waals surface area contributed by atoms with E-state index in [1.165, 1.54) is 10.5 Å². The van der Waals surface area contributed by atoms with Crippen LogP contribution < -0.4 is 5.32 Å². The first kappa shape index (κ1) is 15.8. The molecule has 2 nitrogen and oxygen atoms in total. The van der Waals surface area contributed by atoms with Gasteiger partial charge in [0.15, 0.2) is 0 Å². The van der Waals surface area contributed by atoms with Gasteiger partial charge in [-0.15, -0.1) is 11.8 Å². The number of benzene rings is 1. The maximum atomic E-state index is 6.04. The van der Waals surface area contributed by atoms with Crippen LogP contribution in [0.1, 0.15) is 19.4 Å². The highest BCUT2D eigenvalue weighted by Gasteiger charge is 2.05. The highest BCUT2D eigenvalue weighted by molar-refractivity contribution is 7.99. The van der Waals surface area contributed by atoms with Crippen molar-refractivity contribution in [2.24, 2.45) is 0 Å². The summed E-state index contributed by atoms with van der Waals surface area (Å²) >= 11 is 7.95. The Morgan fingerprint density at radius 3 is 2.61 bits per heavy atom. The van der Waals surface area contributed by atoms with Gasteiger partial charge in [-0.05, 0) is 43.9 Å². The van der Waals surface area contributed by atoms with E-state index in [4.69, 9.17) is 11.6 Å². The second-order valence-electron chi connectivity index (χ2n) is 4.16. The Hall–Kier alpha value is -0.220. The Morgan fingerprint density at radius 1 is 1.28 bits per heavy atom. The third-order valence-corrected chi connectivity index (χ3v) is 4.28. The maximum absolute atomic E-state index is 6.04. The summed E-state index contributed by atoms with van der Waals surface area (Å²) in [7, 11) is 1.96. The second-order valence-corrected chi connectivity index (χ2v) is 5.73. The average Bonchev–Trinajstić information content (AvgIpc) is 2.37. The van der Waals surface area contributed by atoms with Crippen LogP contribution >= 0.6 is 23.4 Å². The number of halogens is 1. The molecule has 0 heterocycles. The molecular formula is C14H23ClN2S.